The quantitative estimate of drug-likeness (QED) is 0.799. The third-order valence-corrected chi connectivity index (χ3v) is 3.20. The monoisotopic (exact) mass is 322 g/mol. The van der Waals surface area contributed by atoms with Gasteiger partial charge in [0.1, 0.15) is 5.75 Å². The molecule has 0 bridgehead atoms. The molecule has 0 radical (unpaired) electrons. The number of alkyl halides is 2. The summed E-state index contributed by atoms with van der Waals surface area (Å²) in [6.45, 7) is 0.916. The molecule has 0 aliphatic carbocycles. The number of para-hydroxylation sites is 1. The predicted molar refractivity (Wildman–Crippen MR) is 88.8 cm³/mol. The Bertz CT molecular complexity index is 677. The summed E-state index contributed by atoms with van der Waals surface area (Å²) >= 11 is 5.23. The van der Waals surface area contributed by atoms with Crippen LogP contribution in [0.15, 0.2) is 42.5 Å². The predicted octanol–water partition coefficient (Wildman–Crippen LogP) is 4.71. The van der Waals surface area contributed by atoms with Crippen molar-refractivity contribution in [1.29, 1.82) is 0 Å². The molecule has 2 rings (SSSR count). The van der Waals surface area contributed by atoms with E-state index < -0.39 is 6.61 Å². The molecule has 0 aromatic heterocycles. The normalized spacial score (nSPS) is 10.4. The van der Waals surface area contributed by atoms with Gasteiger partial charge >= 0.3 is 6.61 Å². The largest absolute Gasteiger partial charge is 0.433 e. The highest BCUT2D eigenvalue weighted by molar-refractivity contribution is 7.80. The summed E-state index contributed by atoms with van der Waals surface area (Å²) in [4.78, 5) is 0. The highest BCUT2D eigenvalue weighted by atomic mass is 32.1. The molecule has 0 unspecified atom stereocenters. The van der Waals surface area contributed by atoms with Gasteiger partial charge in [-0.3, -0.25) is 0 Å². The van der Waals surface area contributed by atoms with E-state index in [2.05, 4.69) is 15.4 Å². The number of benzene rings is 2. The molecule has 0 saturated carbocycles. The Morgan fingerprint density at radius 3 is 2.41 bits per heavy atom. The summed E-state index contributed by atoms with van der Waals surface area (Å²) in [7, 11) is 0. The van der Waals surface area contributed by atoms with Crippen LogP contribution in [0.4, 0.5) is 20.2 Å². The number of anilines is 2. The van der Waals surface area contributed by atoms with Gasteiger partial charge in [0, 0.05) is 5.69 Å². The van der Waals surface area contributed by atoms with Gasteiger partial charge < -0.3 is 15.4 Å². The maximum atomic E-state index is 12.4. The number of aryl methyl sites for hydroxylation is 2. The fourth-order valence-corrected chi connectivity index (χ4v) is 2.15. The lowest BCUT2D eigenvalue weighted by Gasteiger charge is -2.16. The number of hydrogen-bond donors (Lipinski definition) is 2. The first-order valence-electron chi connectivity index (χ1n) is 6.65. The molecule has 0 aliphatic heterocycles. The Morgan fingerprint density at radius 1 is 1.05 bits per heavy atom. The lowest BCUT2D eigenvalue weighted by molar-refractivity contribution is -0.0493. The van der Waals surface area contributed by atoms with Crippen molar-refractivity contribution in [1.82, 2.24) is 0 Å². The van der Waals surface area contributed by atoms with Crippen LogP contribution in [0.1, 0.15) is 11.1 Å². The Hall–Kier alpha value is -2.21. The van der Waals surface area contributed by atoms with Crippen LogP contribution in [0, 0.1) is 13.8 Å². The second-order valence-electron chi connectivity index (χ2n) is 4.77. The Kier molecular flexibility index (Phi) is 5.27. The molecule has 6 heteroatoms. The van der Waals surface area contributed by atoms with Gasteiger partial charge in [-0.15, -0.1) is 0 Å². The molecule has 2 N–H and O–H groups in total. The van der Waals surface area contributed by atoms with Crippen molar-refractivity contribution in [2.45, 2.75) is 20.5 Å². The Labute approximate surface area is 133 Å². The minimum absolute atomic E-state index is 0.0505. The van der Waals surface area contributed by atoms with Crippen molar-refractivity contribution in [3.63, 3.8) is 0 Å². The maximum Gasteiger partial charge on any atom is 0.387 e. The van der Waals surface area contributed by atoms with Crippen molar-refractivity contribution in [3.8, 4) is 5.75 Å². The lowest BCUT2D eigenvalue weighted by Crippen LogP contribution is -2.20. The van der Waals surface area contributed by atoms with Gasteiger partial charge in [0.05, 0.1) is 5.69 Å². The summed E-state index contributed by atoms with van der Waals surface area (Å²) < 4.78 is 29.4. The molecule has 0 spiro atoms. The summed E-state index contributed by atoms with van der Waals surface area (Å²) in [5, 5.41) is 6.24. The van der Waals surface area contributed by atoms with Gasteiger partial charge in [-0.2, -0.15) is 8.78 Å². The van der Waals surface area contributed by atoms with E-state index in [0.29, 0.717) is 10.8 Å². The van der Waals surface area contributed by atoms with Crippen LogP contribution in [0.25, 0.3) is 0 Å². The van der Waals surface area contributed by atoms with Crippen molar-refractivity contribution in [3.05, 3.63) is 53.6 Å². The molecular formula is C16H16F2N2OS. The average Bonchev–Trinajstić information content (AvgIpc) is 2.44. The van der Waals surface area contributed by atoms with Crippen LogP contribution >= 0.6 is 12.2 Å². The Morgan fingerprint density at radius 2 is 1.73 bits per heavy atom. The van der Waals surface area contributed by atoms with Crippen LogP contribution in [0.2, 0.25) is 0 Å². The van der Waals surface area contributed by atoms with Crippen molar-refractivity contribution < 1.29 is 13.5 Å². The number of hydrogen-bond acceptors (Lipinski definition) is 2. The summed E-state index contributed by atoms with van der Waals surface area (Å²) in [6.07, 6.45) is 0. The topological polar surface area (TPSA) is 33.3 Å². The van der Waals surface area contributed by atoms with Gasteiger partial charge in [-0.1, -0.05) is 24.3 Å². The molecule has 0 aliphatic rings. The number of ether oxygens (including phenoxy) is 1. The van der Waals surface area contributed by atoms with Crippen molar-refractivity contribution in [2.75, 3.05) is 10.6 Å². The summed E-state index contributed by atoms with van der Waals surface area (Å²) in [5.41, 5.74) is 3.18. The number of rotatable bonds is 4. The van der Waals surface area contributed by atoms with E-state index in [1.54, 1.807) is 12.1 Å². The van der Waals surface area contributed by atoms with Gasteiger partial charge in [-0.05, 0) is 55.4 Å². The van der Waals surface area contributed by atoms with E-state index in [1.807, 2.05) is 38.1 Å². The smallest absolute Gasteiger partial charge is 0.387 e. The van der Waals surface area contributed by atoms with Crippen molar-refractivity contribution >= 4 is 28.7 Å². The van der Waals surface area contributed by atoms with E-state index in [1.165, 1.54) is 6.07 Å². The first kappa shape index (κ1) is 16.2. The number of halogens is 2. The zero-order valence-corrected chi connectivity index (χ0v) is 13.0. The zero-order valence-electron chi connectivity index (χ0n) is 12.2. The minimum atomic E-state index is -2.89. The third-order valence-electron chi connectivity index (χ3n) is 2.99. The fraction of sp³-hybridized carbons (Fsp3) is 0.188. The molecule has 22 heavy (non-hydrogen) atoms. The number of nitrogens with one attached hydrogen (secondary N) is 2. The zero-order chi connectivity index (χ0) is 16.1. The SMILES string of the molecule is Cc1ccc(OC(F)F)c(NC(=S)Nc2ccccc2C)c1. The van der Waals surface area contributed by atoms with Crippen LogP contribution in [-0.4, -0.2) is 11.7 Å². The van der Waals surface area contributed by atoms with Gasteiger partial charge in [0.25, 0.3) is 0 Å². The maximum absolute atomic E-state index is 12.4. The molecule has 0 fully saturated rings. The van der Waals surface area contributed by atoms with Crippen molar-refractivity contribution in [2.24, 2.45) is 0 Å². The fourth-order valence-electron chi connectivity index (χ4n) is 1.93. The molecule has 2 aromatic carbocycles. The minimum Gasteiger partial charge on any atom is -0.433 e. The second-order valence-corrected chi connectivity index (χ2v) is 5.18. The lowest BCUT2D eigenvalue weighted by atomic mass is 10.2. The molecule has 116 valence electrons. The molecule has 0 heterocycles. The van der Waals surface area contributed by atoms with Crippen LogP contribution in [0.3, 0.4) is 0 Å². The van der Waals surface area contributed by atoms with Gasteiger partial charge in [0.15, 0.2) is 5.11 Å². The Balaban J connectivity index is 2.14. The van der Waals surface area contributed by atoms with Crippen LogP contribution in [-0.2, 0) is 0 Å². The standard InChI is InChI=1S/C16H16F2N2OS/c1-10-7-8-14(21-15(17)18)13(9-10)20-16(22)19-12-6-4-3-5-11(12)2/h3-9,15H,1-2H3,(H2,19,20,22). The molecule has 3 nitrogen and oxygen atoms in total. The van der Waals surface area contributed by atoms with E-state index in [9.17, 15) is 8.78 Å². The molecule has 0 atom stereocenters. The third kappa shape index (κ3) is 4.39. The van der Waals surface area contributed by atoms with E-state index >= 15 is 0 Å². The summed E-state index contributed by atoms with van der Waals surface area (Å²) in [5.74, 6) is 0.0505. The highest BCUT2D eigenvalue weighted by Crippen LogP contribution is 2.27. The van der Waals surface area contributed by atoms with Crippen LogP contribution < -0.4 is 15.4 Å². The number of thiocarbonyl (C=S) groups is 1. The summed E-state index contributed by atoms with van der Waals surface area (Å²) in [6, 6.07) is 12.5. The van der Waals surface area contributed by atoms with E-state index in [0.717, 1.165) is 16.8 Å². The van der Waals surface area contributed by atoms with Gasteiger partial charge in [0.2, 0.25) is 0 Å². The van der Waals surface area contributed by atoms with Gasteiger partial charge in [-0.25, -0.2) is 0 Å². The highest BCUT2D eigenvalue weighted by Gasteiger charge is 2.11. The molecule has 2 aromatic rings. The molecular weight excluding hydrogens is 306 g/mol. The first-order chi connectivity index (χ1) is 10.5. The second kappa shape index (κ2) is 7.17. The van der Waals surface area contributed by atoms with Crippen LogP contribution in [0.5, 0.6) is 5.75 Å². The van der Waals surface area contributed by atoms with E-state index in [4.69, 9.17) is 12.2 Å². The average molecular weight is 322 g/mol. The molecule has 0 amide bonds. The first-order valence-corrected chi connectivity index (χ1v) is 7.05. The van der Waals surface area contributed by atoms with E-state index in [-0.39, 0.29) is 5.75 Å². The molecule has 0 saturated heterocycles.